The van der Waals surface area contributed by atoms with Gasteiger partial charge in [-0.3, -0.25) is 14.4 Å². The Bertz CT molecular complexity index is 1110. The number of carbonyl (C=O) groups is 4. The van der Waals surface area contributed by atoms with Crippen LogP contribution < -0.4 is 4.90 Å². The lowest BCUT2D eigenvalue weighted by atomic mass is 9.85. The number of benzene rings is 2. The van der Waals surface area contributed by atoms with Gasteiger partial charge in [-0.2, -0.15) is 0 Å². The second-order valence-electron chi connectivity index (χ2n) is 8.04. The molecule has 2 aromatic rings. The molecule has 1 aliphatic heterocycles. The topological polar surface area (TPSA) is 80.8 Å². The van der Waals surface area contributed by atoms with Crippen LogP contribution in [0.25, 0.3) is 0 Å². The van der Waals surface area contributed by atoms with Crippen LogP contribution in [0, 0.1) is 23.7 Å². The molecular formula is C24H18ClNO5. The van der Waals surface area contributed by atoms with E-state index < -0.39 is 12.6 Å². The van der Waals surface area contributed by atoms with Crippen molar-refractivity contribution in [2.24, 2.45) is 23.7 Å². The summed E-state index contributed by atoms with van der Waals surface area (Å²) in [5, 5.41) is 0.496. The molecule has 1 saturated heterocycles. The number of nitrogens with zero attached hydrogens (tertiary/aromatic N) is 1. The van der Waals surface area contributed by atoms with Gasteiger partial charge in [-0.15, -0.1) is 0 Å². The van der Waals surface area contributed by atoms with Crippen LogP contribution in [0.1, 0.15) is 27.1 Å². The van der Waals surface area contributed by atoms with Gasteiger partial charge in [0, 0.05) is 10.6 Å². The van der Waals surface area contributed by atoms with E-state index in [0.717, 1.165) is 11.3 Å². The van der Waals surface area contributed by atoms with E-state index in [9.17, 15) is 19.2 Å². The van der Waals surface area contributed by atoms with Gasteiger partial charge in [0.05, 0.1) is 23.1 Å². The number of hydrogen-bond donors (Lipinski definition) is 0. The lowest BCUT2D eigenvalue weighted by molar-refractivity contribution is -0.123. The zero-order valence-electron chi connectivity index (χ0n) is 16.4. The maximum Gasteiger partial charge on any atom is 0.340 e. The van der Waals surface area contributed by atoms with E-state index in [1.54, 1.807) is 42.5 Å². The molecule has 1 saturated carbocycles. The number of esters is 1. The van der Waals surface area contributed by atoms with Gasteiger partial charge in [0.2, 0.25) is 11.8 Å². The number of rotatable bonds is 5. The van der Waals surface area contributed by atoms with E-state index in [4.69, 9.17) is 16.3 Å². The predicted octanol–water partition coefficient (Wildman–Crippen LogP) is 3.69. The highest BCUT2D eigenvalue weighted by Gasteiger charge is 2.59. The van der Waals surface area contributed by atoms with E-state index in [2.05, 4.69) is 0 Å². The molecule has 6 nitrogen and oxygen atoms in total. The molecular weight excluding hydrogens is 418 g/mol. The molecule has 5 rings (SSSR count). The van der Waals surface area contributed by atoms with Crippen molar-refractivity contribution in [3.8, 4) is 0 Å². The Hall–Kier alpha value is -3.25. The third kappa shape index (κ3) is 3.18. The van der Waals surface area contributed by atoms with Crippen molar-refractivity contribution < 1.29 is 23.9 Å². The van der Waals surface area contributed by atoms with E-state index in [-0.39, 0.29) is 52.5 Å². The molecule has 0 radical (unpaired) electrons. The van der Waals surface area contributed by atoms with Crippen molar-refractivity contribution in [2.75, 3.05) is 11.5 Å². The van der Waals surface area contributed by atoms with Crippen LogP contribution in [-0.2, 0) is 14.3 Å². The SMILES string of the molecule is O=C(COC(=O)c1ccccc1N1C(=O)C2C3C=CC(C3)C2C1=O)c1ccc(Cl)cc1. The summed E-state index contributed by atoms with van der Waals surface area (Å²) in [6.45, 7) is -0.462. The van der Waals surface area contributed by atoms with E-state index in [1.165, 1.54) is 6.07 Å². The normalized spacial score (nSPS) is 25.8. The first-order valence-corrected chi connectivity index (χ1v) is 10.4. The Balaban J connectivity index is 1.35. The minimum Gasteiger partial charge on any atom is -0.454 e. The molecule has 7 heteroatoms. The van der Waals surface area contributed by atoms with Gasteiger partial charge in [0.15, 0.2) is 12.4 Å². The number of fused-ring (bicyclic) bond motifs is 5. The second kappa shape index (κ2) is 7.46. The van der Waals surface area contributed by atoms with Gasteiger partial charge in [0.25, 0.3) is 0 Å². The third-order valence-electron chi connectivity index (χ3n) is 6.34. The first-order valence-electron chi connectivity index (χ1n) is 10.1. The highest BCUT2D eigenvalue weighted by Crippen LogP contribution is 2.53. The van der Waals surface area contributed by atoms with Crippen LogP contribution in [-0.4, -0.2) is 30.2 Å². The molecule has 2 fully saturated rings. The van der Waals surface area contributed by atoms with Gasteiger partial charge in [-0.25, -0.2) is 9.69 Å². The van der Waals surface area contributed by atoms with Crippen molar-refractivity contribution >= 4 is 40.9 Å². The Morgan fingerprint density at radius 1 is 0.935 bits per heavy atom. The number of ketones is 1. The van der Waals surface area contributed by atoms with Crippen LogP contribution in [0.3, 0.4) is 0 Å². The highest BCUT2D eigenvalue weighted by atomic mass is 35.5. The molecule has 0 N–H and O–H groups in total. The molecule has 31 heavy (non-hydrogen) atoms. The molecule has 2 aliphatic carbocycles. The number of hydrogen-bond acceptors (Lipinski definition) is 5. The number of imide groups is 1. The molecule has 0 spiro atoms. The van der Waals surface area contributed by atoms with Crippen molar-refractivity contribution in [1.29, 1.82) is 0 Å². The molecule has 2 aromatic carbocycles. The fourth-order valence-corrected chi connectivity index (χ4v) is 5.03. The third-order valence-corrected chi connectivity index (χ3v) is 6.59. The van der Waals surface area contributed by atoms with Crippen molar-refractivity contribution in [2.45, 2.75) is 6.42 Å². The zero-order chi connectivity index (χ0) is 21.7. The summed E-state index contributed by atoms with van der Waals surface area (Å²) in [5.41, 5.74) is 0.648. The summed E-state index contributed by atoms with van der Waals surface area (Å²) in [6, 6.07) is 12.6. The largest absolute Gasteiger partial charge is 0.454 e. The molecule has 4 atom stereocenters. The molecule has 0 aromatic heterocycles. The number of anilines is 1. The molecule has 4 unspecified atom stereocenters. The van der Waals surface area contributed by atoms with Crippen molar-refractivity contribution in [3.63, 3.8) is 0 Å². The fourth-order valence-electron chi connectivity index (χ4n) is 4.91. The van der Waals surface area contributed by atoms with Crippen molar-refractivity contribution in [1.82, 2.24) is 0 Å². The number of para-hydroxylation sites is 1. The van der Waals surface area contributed by atoms with Crippen LogP contribution in [0.4, 0.5) is 5.69 Å². The Kier molecular flexibility index (Phi) is 4.74. The number of amides is 2. The summed E-state index contributed by atoms with van der Waals surface area (Å²) in [4.78, 5) is 52.4. The van der Waals surface area contributed by atoms with Gasteiger partial charge in [-0.1, -0.05) is 35.9 Å². The summed E-state index contributed by atoms with van der Waals surface area (Å²) in [6.07, 6.45) is 4.86. The predicted molar refractivity (Wildman–Crippen MR) is 113 cm³/mol. The summed E-state index contributed by atoms with van der Waals surface area (Å²) in [7, 11) is 0. The zero-order valence-corrected chi connectivity index (χ0v) is 17.1. The quantitative estimate of drug-likeness (QED) is 0.309. The Morgan fingerprint density at radius 3 is 2.19 bits per heavy atom. The minimum atomic E-state index is -0.767. The monoisotopic (exact) mass is 435 g/mol. The highest BCUT2D eigenvalue weighted by molar-refractivity contribution is 6.30. The van der Waals surface area contributed by atoms with E-state index in [1.807, 2.05) is 12.2 Å². The average molecular weight is 436 g/mol. The first-order chi connectivity index (χ1) is 15.0. The van der Waals surface area contributed by atoms with Crippen molar-refractivity contribution in [3.05, 3.63) is 76.8 Å². The van der Waals surface area contributed by atoms with Gasteiger partial charge >= 0.3 is 5.97 Å². The van der Waals surface area contributed by atoms with Crippen LogP contribution in [0.15, 0.2) is 60.7 Å². The second-order valence-corrected chi connectivity index (χ2v) is 8.47. The molecule has 3 aliphatic rings. The number of allylic oxidation sites excluding steroid dienone is 2. The Labute approximate surface area is 183 Å². The van der Waals surface area contributed by atoms with Crippen LogP contribution >= 0.6 is 11.6 Å². The van der Waals surface area contributed by atoms with Gasteiger partial charge in [-0.05, 0) is 54.7 Å². The van der Waals surface area contributed by atoms with E-state index >= 15 is 0 Å². The molecule has 2 amide bonds. The van der Waals surface area contributed by atoms with Crippen LogP contribution in [0.5, 0.6) is 0 Å². The first kappa shape index (κ1) is 19.7. The summed E-state index contributed by atoms with van der Waals surface area (Å²) in [5.74, 6) is -2.27. The lowest BCUT2D eigenvalue weighted by Gasteiger charge is -2.19. The van der Waals surface area contributed by atoms with Gasteiger partial charge in [0.1, 0.15) is 0 Å². The maximum absolute atomic E-state index is 13.1. The minimum absolute atomic E-state index is 0.0764. The molecule has 156 valence electrons. The fraction of sp³-hybridized carbons (Fsp3) is 0.250. The molecule has 1 heterocycles. The number of halogens is 1. The van der Waals surface area contributed by atoms with Crippen LogP contribution in [0.2, 0.25) is 5.02 Å². The maximum atomic E-state index is 13.1. The number of ether oxygens (including phenoxy) is 1. The average Bonchev–Trinajstić information content (AvgIpc) is 3.46. The molecule has 2 bridgehead atoms. The number of carbonyl (C=O) groups excluding carboxylic acids is 4. The summed E-state index contributed by atoms with van der Waals surface area (Å²) >= 11 is 5.82. The lowest BCUT2D eigenvalue weighted by Crippen LogP contribution is -2.34. The smallest absolute Gasteiger partial charge is 0.340 e. The standard InChI is InChI=1S/C24H18ClNO5/c25-16-9-7-13(8-10-16)19(27)12-31-24(30)17-3-1-2-4-18(17)26-22(28)20-14-5-6-15(11-14)21(20)23(26)29/h1-10,14-15,20-21H,11-12H2. The Morgan fingerprint density at radius 2 is 1.55 bits per heavy atom. The van der Waals surface area contributed by atoms with Gasteiger partial charge < -0.3 is 4.74 Å². The van der Waals surface area contributed by atoms with E-state index in [0.29, 0.717) is 10.6 Å². The summed E-state index contributed by atoms with van der Waals surface area (Å²) < 4.78 is 5.21. The number of Topliss-reactive ketones (excluding diaryl/α,β-unsaturated/α-hetero) is 1.